The fraction of sp³-hybridized carbons (Fsp3) is 0.167. The van der Waals surface area contributed by atoms with Crippen molar-refractivity contribution in [1.29, 1.82) is 0 Å². The summed E-state index contributed by atoms with van der Waals surface area (Å²) in [6.07, 6.45) is 0. The minimum Gasteiger partial charge on any atom is -0.279 e. The van der Waals surface area contributed by atoms with Crippen LogP contribution < -0.4 is 4.72 Å². The number of sulfonamides is 2. The van der Waals surface area contributed by atoms with Gasteiger partial charge in [-0.05, 0) is 46.3 Å². The first-order valence-electron chi connectivity index (χ1n) is 5.94. The van der Waals surface area contributed by atoms with Gasteiger partial charge in [0.2, 0.25) is 10.0 Å². The van der Waals surface area contributed by atoms with Crippen molar-refractivity contribution in [2.24, 2.45) is 0 Å². The van der Waals surface area contributed by atoms with Crippen molar-refractivity contribution in [2.45, 2.75) is 9.10 Å². The van der Waals surface area contributed by atoms with Gasteiger partial charge >= 0.3 is 0 Å². The van der Waals surface area contributed by atoms with Crippen molar-refractivity contribution < 1.29 is 16.8 Å². The maximum atomic E-state index is 12.2. The van der Waals surface area contributed by atoms with E-state index in [2.05, 4.69) is 20.7 Å². The van der Waals surface area contributed by atoms with Gasteiger partial charge in [-0.25, -0.2) is 21.1 Å². The van der Waals surface area contributed by atoms with Crippen LogP contribution in [0.4, 0.5) is 5.69 Å². The highest BCUT2D eigenvalue weighted by molar-refractivity contribution is 9.11. The first-order valence-corrected chi connectivity index (χ1v) is 10.5. The summed E-state index contributed by atoms with van der Waals surface area (Å²) in [6, 6.07) is 8.78. The van der Waals surface area contributed by atoms with E-state index in [1.54, 1.807) is 6.07 Å². The standard InChI is InChI=1S/C12H13BrN2O4S3/c1-15(2)22(18,19)10-5-3-4-9(8-10)14-21(16,17)12-7-6-11(13)20-12/h3-8,14H,1-2H3. The molecule has 2 rings (SSSR count). The van der Waals surface area contributed by atoms with Gasteiger partial charge in [-0.1, -0.05) is 6.07 Å². The van der Waals surface area contributed by atoms with E-state index in [1.807, 2.05) is 0 Å². The molecule has 1 aromatic heterocycles. The molecule has 6 nitrogen and oxygen atoms in total. The zero-order chi connectivity index (χ0) is 16.5. The fourth-order valence-corrected chi connectivity index (χ4v) is 5.59. The van der Waals surface area contributed by atoms with Crippen molar-refractivity contribution in [3.8, 4) is 0 Å². The Morgan fingerprint density at radius 3 is 2.32 bits per heavy atom. The third kappa shape index (κ3) is 3.69. The van der Waals surface area contributed by atoms with E-state index in [0.29, 0.717) is 3.79 Å². The second-order valence-electron chi connectivity index (χ2n) is 4.48. The van der Waals surface area contributed by atoms with Crippen molar-refractivity contribution >= 4 is 53.0 Å². The quantitative estimate of drug-likeness (QED) is 0.798. The van der Waals surface area contributed by atoms with Gasteiger partial charge < -0.3 is 0 Å². The molecular weight excluding hydrogens is 412 g/mol. The van der Waals surface area contributed by atoms with E-state index in [4.69, 9.17) is 0 Å². The highest BCUT2D eigenvalue weighted by Crippen LogP contribution is 2.28. The van der Waals surface area contributed by atoms with Crippen LogP contribution in [0.3, 0.4) is 0 Å². The molecule has 1 N–H and O–H groups in total. The smallest absolute Gasteiger partial charge is 0.271 e. The van der Waals surface area contributed by atoms with E-state index in [9.17, 15) is 16.8 Å². The summed E-state index contributed by atoms with van der Waals surface area (Å²) < 4.78 is 52.9. The fourth-order valence-electron chi connectivity index (χ4n) is 1.58. The summed E-state index contributed by atoms with van der Waals surface area (Å²) in [6.45, 7) is 0. The van der Waals surface area contributed by atoms with Gasteiger partial charge in [-0.3, -0.25) is 4.72 Å². The van der Waals surface area contributed by atoms with Crippen LogP contribution in [0.5, 0.6) is 0 Å². The number of hydrogen-bond donors (Lipinski definition) is 1. The molecule has 10 heteroatoms. The molecule has 0 amide bonds. The lowest BCUT2D eigenvalue weighted by atomic mass is 10.3. The lowest BCUT2D eigenvalue weighted by Gasteiger charge is -2.13. The van der Waals surface area contributed by atoms with Gasteiger partial charge in [0.1, 0.15) is 4.21 Å². The monoisotopic (exact) mass is 424 g/mol. The Bertz CT molecular complexity index is 889. The molecule has 0 radical (unpaired) electrons. The molecule has 0 spiro atoms. The maximum Gasteiger partial charge on any atom is 0.271 e. The SMILES string of the molecule is CN(C)S(=O)(=O)c1cccc(NS(=O)(=O)c2ccc(Br)s2)c1. The van der Waals surface area contributed by atoms with Crippen LogP contribution in [-0.2, 0) is 20.0 Å². The Kier molecular flexibility index (Phi) is 4.97. The van der Waals surface area contributed by atoms with E-state index in [0.717, 1.165) is 15.6 Å². The summed E-state index contributed by atoms with van der Waals surface area (Å²) in [5.41, 5.74) is 0.187. The summed E-state index contributed by atoms with van der Waals surface area (Å²) in [5, 5.41) is 0. The topological polar surface area (TPSA) is 83.6 Å². The Hall–Kier alpha value is -0.940. The highest BCUT2D eigenvalue weighted by atomic mass is 79.9. The minimum absolute atomic E-state index is 0.0186. The van der Waals surface area contributed by atoms with Crippen molar-refractivity contribution in [3.05, 3.63) is 40.2 Å². The highest BCUT2D eigenvalue weighted by Gasteiger charge is 2.20. The zero-order valence-corrected chi connectivity index (χ0v) is 15.7. The molecule has 0 aliphatic rings. The molecule has 120 valence electrons. The van der Waals surface area contributed by atoms with E-state index >= 15 is 0 Å². The molecule has 0 bridgehead atoms. The summed E-state index contributed by atoms with van der Waals surface area (Å²) >= 11 is 4.27. The molecule has 0 aliphatic heterocycles. The van der Waals surface area contributed by atoms with Crippen LogP contribution >= 0.6 is 27.3 Å². The second-order valence-corrected chi connectivity index (χ2v) is 11.0. The minimum atomic E-state index is -3.74. The molecular formula is C12H13BrN2O4S3. The predicted molar refractivity (Wildman–Crippen MR) is 90.1 cm³/mol. The Morgan fingerprint density at radius 2 is 1.77 bits per heavy atom. The van der Waals surface area contributed by atoms with Crippen molar-refractivity contribution in [1.82, 2.24) is 4.31 Å². The molecule has 0 unspecified atom stereocenters. The number of benzene rings is 1. The summed E-state index contributed by atoms with van der Waals surface area (Å²) in [4.78, 5) is 0.0186. The van der Waals surface area contributed by atoms with Crippen molar-refractivity contribution in [2.75, 3.05) is 18.8 Å². The number of nitrogens with one attached hydrogen (secondary N) is 1. The number of anilines is 1. The van der Waals surface area contributed by atoms with Gasteiger partial charge in [-0.15, -0.1) is 11.3 Å². The van der Waals surface area contributed by atoms with E-state index in [-0.39, 0.29) is 14.8 Å². The first-order chi connectivity index (χ1) is 10.1. The lowest BCUT2D eigenvalue weighted by molar-refractivity contribution is 0.521. The van der Waals surface area contributed by atoms with Crippen LogP contribution in [0, 0.1) is 0 Å². The average Bonchev–Trinajstić information content (AvgIpc) is 2.86. The van der Waals surface area contributed by atoms with Gasteiger partial charge in [0.15, 0.2) is 0 Å². The van der Waals surface area contributed by atoms with Gasteiger partial charge in [0.25, 0.3) is 10.0 Å². The molecule has 2 aromatic rings. The second kappa shape index (κ2) is 6.28. The Balaban J connectivity index is 2.36. The van der Waals surface area contributed by atoms with E-state index in [1.165, 1.54) is 44.4 Å². The lowest BCUT2D eigenvalue weighted by Crippen LogP contribution is -2.22. The largest absolute Gasteiger partial charge is 0.279 e. The predicted octanol–water partition coefficient (Wildman–Crippen LogP) is 2.56. The molecule has 1 heterocycles. The first kappa shape index (κ1) is 17.4. The molecule has 0 atom stereocenters. The van der Waals surface area contributed by atoms with Crippen LogP contribution in [-0.4, -0.2) is 35.2 Å². The Labute approximate surface area is 142 Å². The third-order valence-electron chi connectivity index (χ3n) is 2.68. The third-order valence-corrected chi connectivity index (χ3v) is 7.99. The average molecular weight is 425 g/mol. The van der Waals surface area contributed by atoms with Gasteiger partial charge in [-0.2, -0.15) is 0 Å². The van der Waals surface area contributed by atoms with Crippen LogP contribution in [0.15, 0.2) is 49.3 Å². The normalized spacial score (nSPS) is 12.5. The van der Waals surface area contributed by atoms with Crippen molar-refractivity contribution in [3.63, 3.8) is 0 Å². The summed E-state index contributed by atoms with van der Waals surface area (Å²) in [7, 11) is -4.54. The number of rotatable bonds is 5. The number of hydrogen-bond acceptors (Lipinski definition) is 5. The molecule has 0 saturated heterocycles. The maximum absolute atomic E-state index is 12.2. The molecule has 1 aromatic carbocycles. The van der Waals surface area contributed by atoms with Gasteiger partial charge in [0.05, 0.1) is 14.4 Å². The summed E-state index contributed by atoms with van der Waals surface area (Å²) in [5.74, 6) is 0. The Morgan fingerprint density at radius 1 is 1.09 bits per heavy atom. The number of thiophene rings is 1. The zero-order valence-electron chi connectivity index (χ0n) is 11.6. The molecule has 0 aliphatic carbocycles. The van der Waals surface area contributed by atoms with Crippen LogP contribution in [0.25, 0.3) is 0 Å². The number of halogens is 1. The molecule has 22 heavy (non-hydrogen) atoms. The van der Waals surface area contributed by atoms with Crippen LogP contribution in [0.1, 0.15) is 0 Å². The van der Waals surface area contributed by atoms with Gasteiger partial charge in [0, 0.05) is 14.1 Å². The molecule has 0 saturated carbocycles. The van der Waals surface area contributed by atoms with E-state index < -0.39 is 20.0 Å². The molecule has 0 fully saturated rings. The number of nitrogens with zero attached hydrogens (tertiary/aromatic N) is 1. The van der Waals surface area contributed by atoms with Crippen LogP contribution in [0.2, 0.25) is 0 Å².